The van der Waals surface area contributed by atoms with Crippen LogP contribution in [0.25, 0.3) is 0 Å². The fraction of sp³-hybridized carbons (Fsp3) is 0.500. The normalized spacial score (nSPS) is 12.5. The van der Waals surface area contributed by atoms with E-state index in [0.717, 1.165) is 11.3 Å². The Morgan fingerprint density at radius 3 is 2.81 bits per heavy atom. The van der Waals surface area contributed by atoms with E-state index in [2.05, 4.69) is 5.32 Å². The Morgan fingerprint density at radius 2 is 2.25 bits per heavy atom. The molecule has 3 nitrogen and oxygen atoms in total. The van der Waals surface area contributed by atoms with Gasteiger partial charge in [0.25, 0.3) is 0 Å². The second kappa shape index (κ2) is 6.74. The summed E-state index contributed by atoms with van der Waals surface area (Å²) < 4.78 is 5.54. The summed E-state index contributed by atoms with van der Waals surface area (Å²) in [5, 5.41) is 12.8. The predicted octanol–water partition coefficient (Wildman–Crippen LogP) is 2.38. The monoisotopic (exact) mass is 243 g/mol. The first kappa shape index (κ1) is 13.3. The molecule has 90 valence electrons. The SMILES string of the molecule is CCOc1ccc(Cl)cc1C(CCO)NC. The molecule has 1 aromatic carbocycles. The molecule has 1 rings (SSSR count). The predicted molar refractivity (Wildman–Crippen MR) is 66.1 cm³/mol. The summed E-state index contributed by atoms with van der Waals surface area (Å²) in [6, 6.07) is 5.61. The third kappa shape index (κ3) is 3.37. The lowest BCUT2D eigenvalue weighted by Crippen LogP contribution is -2.18. The molecule has 0 bridgehead atoms. The summed E-state index contributed by atoms with van der Waals surface area (Å²) >= 11 is 5.97. The first-order chi connectivity index (χ1) is 7.72. The quantitative estimate of drug-likeness (QED) is 0.806. The minimum absolute atomic E-state index is 0.0604. The molecular weight excluding hydrogens is 226 g/mol. The van der Waals surface area contributed by atoms with Gasteiger partial charge in [0.2, 0.25) is 0 Å². The molecule has 0 amide bonds. The lowest BCUT2D eigenvalue weighted by molar-refractivity contribution is 0.265. The van der Waals surface area contributed by atoms with E-state index in [4.69, 9.17) is 21.4 Å². The molecule has 0 radical (unpaired) electrons. The highest BCUT2D eigenvalue weighted by Gasteiger charge is 2.14. The fourth-order valence-electron chi connectivity index (χ4n) is 1.66. The van der Waals surface area contributed by atoms with E-state index in [9.17, 15) is 0 Å². The molecule has 0 saturated carbocycles. The maximum Gasteiger partial charge on any atom is 0.124 e. The summed E-state index contributed by atoms with van der Waals surface area (Å²) in [4.78, 5) is 0. The minimum atomic E-state index is 0.0604. The number of rotatable bonds is 6. The number of aliphatic hydroxyl groups excluding tert-OH is 1. The number of aliphatic hydroxyl groups is 1. The van der Waals surface area contributed by atoms with Gasteiger partial charge in [-0.15, -0.1) is 0 Å². The van der Waals surface area contributed by atoms with Crippen LogP contribution in [0.2, 0.25) is 5.02 Å². The maximum absolute atomic E-state index is 9.01. The van der Waals surface area contributed by atoms with Crippen LogP contribution in [0, 0.1) is 0 Å². The molecule has 0 aliphatic carbocycles. The van der Waals surface area contributed by atoms with Gasteiger partial charge in [0.15, 0.2) is 0 Å². The topological polar surface area (TPSA) is 41.5 Å². The van der Waals surface area contributed by atoms with Crippen LogP contribution >= 0.6 is 11.6 Å². The summed E-state index contributed by atoms with van der Waals surface area (Å²) in [7, 11) is 1.86. The lowest BCUT2D eigenvalue weighted by Gasteiger charge is -2.19. The molecule has 0 aliphatic heterocycles. The summed E-state index contributed by atoms with van der Waals surface area (Å²) in [6.45, 7) is 2.69. The molecule has 0 aromatic heterocycles. The Labute approximate surface area is 101 Å². The van der Waals surface area contributed by atoms with E-state index < -0.39 is 0 Å². The van der Waals surface area contributed by atoms with Crippen molar-refractivity contribution in [2.45, 2.75) is 19.4 Å². The van der Waals surface area contributed by atoms with Gasteiger partial charge in [-0.05, 0) is 38.6 Å². The Bertz CT molecular complexity index is 331. The van der Waals surface area contributed by atoms with Crippen molar-refractivity contribution in [3.63, 3.8) is 0 Å². The first-order valence-electron chi connectivity index (χ1n) is 5.43. The number of benzene rings is 1. The molecule has 0 fully saturated rings. The third-order valence-electron chi connectivity index (χ3n) is 2.41. The highest BCUT2D eigenvalue weighted by Crippen LogP contribution is 2.29. The van der Waals surface area contributed by atoms with Crippen LogP contribution in [0.15, 0.2) is 18.2 Å². The second-order valence-corrected chi connectivity index (χ2v) is 3.91. The largest absolute Gasteiger partial charge is 0.494 e. The standard InChI is InChI=1S/C12H18ClNO2/c1-3-16-12-5-4-9(13)8-10(12)11(14-2)6-7-15/h4-5,8,11,14-15H,3,6-7H2,1-2H3. The van der Waals surface area contributed by atoms with Gasteiger partial charge in [-0.1, -0.05) is 11.6 Å². The highest BCUT2D eigenvalue weighted by atomic mass is 35.5. The molecule has 1 aromatic rings. The Balaban J connectivity index is 3.01. The molecule has 2 N–H and O–H groups in total. The van der Waals surface area contributed by atoms with E-state index in [-0.39, 0.29) is 12.6 Å². The van der Waals surface area contributed by atoms with E-state index >= 15 is 0 Å². The van der Waals surface area contributed by atoms with Crippen molar-refractivity contribution in [1.29, 1.82) is 0 Å². The van der Waals surface area contributed by atoms with Gasteiger partial charge in [-0.25, -0.2) is 0 Å². The number of hydrogen-bond donors (Lipinski definition) is 2. The number of hydrogen-bond acceptors (Lipinski definition) is 3. The van der Waals surface area contributed by atoms with Crippen molar-refractivity contribution in [3.8, 4) is 5.75 Å². The number of halogens is 1. The van der Waals surface area contributed by atoms with Crippen molar-refractivity contribution in [2.24, 2.45) is 0 Å². The number of ether oxygens (including phenoxy) is 1. The Morgan fingerprint density at radius 1 is 1.50 bits per heavy atom. The van der Waals surface area contributed by atoms with E-state index in [1.807, 2.05) is 32.2 Å². The highest BCUT2D eigenvalue weighted by molar-refractivity contribution is 6.30. The molecule has 0 aliphatic rings. The van der Waals surface area contributed by atoms with Crippen LogP contribution < -0.4 is 10.1 Å². The Kier molecular flexibility index (Phi) is 5.60. The van der Waals surface area contributed by atoms with Crippen LogP contribution in [0.1, 0.15) is 24.9 Å². The molecule has 16 heavy (non-hydrogen) atoms. The van der Waals surface area contributed by atoms with Gasteiger partial charge in [0.1, 0.15) is 5.75 Å². The lowest BCUT2D eigenvalue weighted by atomic mass is 10.0. The molecular formula is C12H18ClNO2. The van der Waals surface area contributed by atoms with E-state index in [0.29, 0.717) is 18.1 Å². The van der Waals surface area contributed by atoms with Gasteiger partial charge in [-0.2, -0.15) is 0 Å². The molecule has 1 unspecified atom stereocenters. The zero-order valence-electron chi connectivity index (χ0n) is 9.66. The van der Waals surface area contributed by atoms with Crippen molar-refractivity contribution < 1.29 is 9.84 Å². The van der Waals surface area contributed by atoms with Gasteiger partial charge >= 0.3 is 0 Å². The van der Waals surface area contributed by atoms with Crippen LogP contribution in [0.3, 0.4) is 0 Å². The van der Waals surface area contributed by atoms with Crippen molar-refractivity contribution in [3.05, 3.63) is 28.8 Å². The first-order valence-corrected chi connectivity index (χ1v) is 5.81. The molecule has 1 atom stereocenters. The van der Waals surface area contributed by atoms with Crippen LogP contribution in [0.4, 0.5) is 0 Å². The van der Waals surface area contributed by atoms with E-state index in [1.54, 1.807) is 0 Å². The average Bonchev–Trinajstić information content (AvgIpc) is 2.29. The average molecular weight is 244 g/mol. The van der Waals surface area contributed by atoms with Gasteiger partial charge in [0.05, 0.1) is 6.61 Å². The summed E-state index contributed by atoms with van der Waals surface area (Å²) in [5.74, 6) is 0.819. The zero-order valence-corrected chi connectivity index (χ0v) is 10.4. The van der Waals surface area contributed by atoms with Crippen molar-refractivity contribution in [2.75, 3.05) is 20.3 Å². The van der Waals surface area contributed by atoms with Crippen LogP contribution in [0.5, 0.6) is 5.75 Å². The smallest absolute Gasteiger partial charge is 0.124 e. The van der Waals surface area contributed by atoms with Gasteiger partial charge < -0.3 is 15.2 Å². The fourth-order valence-corrected chi connectivity index (χ4v) is 1.84. The molecule has 0 saturated heterocycles. The third-order valence-corrected chi connectivity index (χ3v) is 2.65. The minimum Gasteiger partial charge on any atom is -0.494 e. The zero-order chi connectivity index (χ0) is 12.0. The molecule has 0 heterocycles. The van der Waals surface area contributed by atoms with Crippen molar-refractivity contribution >= 4 is 11.6 Å². The van der Waals surface area contributed by atoms with Crippen LogP contribution in [-0.4, -0.2) is 25.4 Å². The summed E-state index contributed by atoms with van der Waals surface area (Å²) in [5.41, 5.74) is 0.992. The molecule has 0 spiro atoms. The Hall–Kier alpha value is -0.770. The van der Waals surface area contributed by atoms with Gasteiger partial charge in [-0.3, -0.25) is 0 Å². The van der Waals surface area contributed by atoms with E-state index in [1.165, 1.54) is 0 Å². The van der Waals surface area contributed by atoms with Gasteiger partial charge in [0, 0.05) is 23.2 Å². The van der Waals surface area contributed by atoms with Crippen LogP contribution in [-0.2, 0) is 0 Å². The maximum atomic E-state index is 9.01. The molecule has 4 heteroatoms. The van der Waals surface area contributed by atoms with Crippen molar-refractivity contribution in [1.82, 2.24) is 5.32 Å². The second-order valence-electron chi connectivity index (χ2n) is 3.47. The summed E-state index contributed by atoms with van der Waals surface area (Å²) in [6.07, 6.45) is 0.636. The number of nitrogens with one attached hydrogen (secondary N) is 1.